The summed E-state index contributed by atoms with van der Waals surface area (Å²) >= 11 is 0. The van der Waals surface area contributed by atoms with E-state index >= 15 is 0 Å². The highest BCUT2D eigenvalue weighted by Crippen LogP contribution is 2.20. The molecule has 24 heavy (non-hydrogen) atoms. The standard InChI is InChI=1S/C19H25N3O2/c20-12-16-4-1-2-5-17(16)14-22-9-7-15(8-10-22)19(23)21-13-18-6-3-11-24-18/h1-2,4-5,15,18H,3,6-11,13-14H2,(H,21,23)/t18-/m1/s1. The second-order valence-electron chi connectivity index (χ2n) is 6.70. The lowest BCUT2D eigenvalue weighted by Crippen LogP contribution is -2.42. The summed E-state index contributed by atoms with van der Waals surface area (Å²) in [7, 11) is 0. The normalized spacial score (nSPS) is 22.2. The number of nitrogens with zero attached hydrogens (tertiary/aromatic N) is 2. The van der Waals surface area contributed by atoms with Crippen LogP contribution in [-0.4, -0.2) is 43.2 Å². The van der Waals surface area contributed by atoms with Crippen LogP contribution in [0.3, 0.4) is 0 Å². The van der Waals surface area contributed by atoms with Gasteiger partial charge in [0.15, 0.2) is 0 Å². The van der Waals surface area contributed by atoms with Crippen LogP contribution in [0, 0.1) is 17.2 Å². The van der Waals surface area contributed by atoms with E-state index in [1.807, 2.05) is 24.3 Å². The Kier molecular flexibility index (Phi) is 5.84. The Balaban J connectivity index is 1.43. The number of benzene rings is 1. The Morgan fingerprint density at radius 2 is 2.08 bits per heavy atom. The van der Waals surface area contributed by atoms with Gasteiger partial charge >= 0.3 is 0 Å². The first-order valence-electron chi connectivity index (χ1n) is 8.86. The van der Waals surface area contributed by atoms with Gasteiger partial charge in [-0.05, 0) is 50.4 Å². The maximum absolute atomic E-state index is 12.3. The van der Waals surface area contributed by atoms with Crippen molar-refractivity contribution in [3.63, 3.8) is 0 Å². The largest absolute Gasteiger partial charge is 0.376 e. The van der Waals surface area contributed by atoms with Crippen LogP contribution >= 0.6 is 0 Å². The predicted molar refractivity (Wildman–Crippen MR) is 91.1 cm³/mol. The van der Waals surface area contributed by atoms with Crippen molar-refractivity contribution in [3.8, 4) is 6.07 Å². The van der Waals surface area contributed by atoms with Crippen LogP contribution in [0.15, 0.2) is 24.3 Å². The van der Waals surface area contributed by atoms with E-state index in [1.165, 1.54) is 0 Å². The molecule has 1 amide bonds. The number of hydrogen-bond donors (Lipinski definition) is 1. The fraction of sp³-hybridized carbons (Fsp3) is 0.579. The van der Waals surface area contributed by atoms with Crippen molar-refractivity contribution < 1.29 is 9.53 Å². The van der Waals surface area contributed by atoms with Crippen LogP contribution in [0.25, 0.3) is 0 Å². The topological polar surface area (TPSA) is 65.4 Å². The summed E-state index contributed by atoms with van der Waals surface area (Å²) in [5.41, 5.74) is 1.82. The maximum atomic E-state index is 12.3. The van der Waals surface area contributed by atoms with Gasteiger partial charge in [0, 0.05) is 25.6 Å². The van der Waals surface area contributed by atoms with E-state index in [1.54, 1.807) is 0 Å². The summed E-state index contributed by atoms with van der Waals surface area (Å²) in [5, 5.41) is 12.2. The molecule has 0 aliphatic carbocycles. The zero-order valence-corrected chi connectivity index (χ0v) is 14.0. The van der Waals surface area contributed by atoms with Crippen molar-refractivity contribution in [1.82, 2.24) is 10.2 Å². The highest BCUT2D eigenvalue weighted by Gasteiger charge is 2.26. The summed E-state index contributed by atoms with van der Waals surface area (Å²) in [6.45, 7) is 4.06. The lowest BCUT2D eigenvalue weighted by molar-refractivity contribution is -0.127. The van der Waals surface area contributed by atoms with Gasteiger partial charge in [0.25, 0.3) is 0 Å². The van der Waals surface area contributed by atoms with E-state index in [0.717, 1.165) is 63.1 Å². The molecule has 128 valence electrons. The second kappa shape index (κ2) is 8.27. The van der Waals surface area contributed by atoms with Crippen LogP contribution in [0.2, 0.25) is 0 Å². The number of hydrogen-bond acceptors (Lipinski definition) is 4. The van der Waals surface area contributed by atoms with Crippen molar-refractivity contribution in [2.75, 3.05) is 26.2 Å². The van der Waals surface area contributed by atoms with E-state index < -0.39 is 0 Å². The molecule has 2 fully saturated rings. The van der Waals surface area contributed by atoms with Gasteiger partial charge in [0.05, 0.1) is 17.7 Å². The molecule has 2 saturated heterocycles. The number of carbonyl (C=O) groups excluding carboxylic acids is 1. The monoisotopic (exact) mass is 327 g/mol. The first-order chi connectivity index (χ1) is 11.8. The Labute approximate surface area is 143 Å². The van der Waals surface area contributed by atoms with Gasteiger partial charge in [-0.3, -0.25) is 9.69 Å². The van der Waals surface area contributed by atoms with E-state index in [4.69, 9.17) is 4.74 Å². The predicted octanol–water partition coefficient (Wildman–Crippen LogP) is 2.07. The van der Waals surface area contributed by atoms with E-state index in [9.17, 15) is 10.1 Å². The smallest absolute Gasteiger partial charge is 0.223 e. The van der Waals surface area contributed by atoms with Crippen molar-refractivity contribution in [3.05, 3.63) is 35.4 Å². The van der Waals surface area contributed by atoms with Gasteiger partial charge in [0.2, 0.25) is 5.91 Å². The van der Waals surface area contributed by atoms with Crippen LogP contribution in [0.5, 0.6) is 0 Å². The van der Waals surface area contributed by atoms with Crippen molar-refractivity contribution in [2.24, 2.45) is 5.92 Å². The van der Waals surface area contributed by atoms with E-state index in [-0.39, 0.29) is 17.9 Å². The molecule has 2 aliphatic rings. The molecule has 3 rings (SSSR count). The summed E-state index contributed by atoms with van der Waals surface area (Å²) in [6.07, 6.45) is 4.12. The Hall–Kier alpha value is -1.90. The summed E-state index contributed by atoms with van der Waals surface area (Å²) in [5.74, 6) is 0.274. The number of amides is 1. The molecule has 1 atom stereocenters. The van der Waals surface area contributed by atoms with Crippen LogP contribution in [-0.2, 0) is 16.1 Å². The number of nitrogens with one attached hydrogen (secondary N) is 1. The van der Waals surface area contributed by atoms with Crippen LogP contribution < -0.4 is 5.32 Å². The highest BCUT2D eigenvalue weighted by atomic mass is 16.5. The molecule has 5 heteroatoms. The zero-order valence-electron chi connectivity index (χ0n) is 14.0. The summed E-state index contributed by atoms with van der Waals surface area (Å²) in [6, 6.07) is 10.00. The molecule has 0 spiro atoms. The number of piperidine rings is 1. The first-order valence-corrected chi connectivity index (χ1v) is 8.86. The lowest BCUT2D eigenvalue weighted by Gasteiger charge is -2.31. The molecular weight excluding hydrogens is 302 g/mol. The minimum Gasteiger partial charge on any atom is -0.376 e. The SMILES string of the molecule is N#Cc1ccccc1CN1CCC(C(=O)NC[C@H]2CCCO2)CC1. The third-order valence-electron chi connectivity index (χ3n) is 5.02. The molecule has 2 aliphatic heterocycles. The molecule has 1 aromatic carbocycles. The third-order valence-corrected chi connectivity index (χ3v) is 5.02. The molecule has 0 unspecified atom stereocenters. The van der Waals surface area contributed by atoms with Gasteiger partial charge < -0.3 is 10.1 Å². The highest BCUT2D eigenvalue weighted by molar-refractivity contribution is 5.78. The number of likely N-dealkylation sites (tertiary alicyclic amines) is 1. The summed E-state index contributed by atoms with van der Waals surface area (Å²) in [4.78, 5) is 14.6. The Morgan fingerprint density at radius 3 is 2.79 bits per heavy atom. The fourth-order valence-electron chi connectivity index (χ4n) is 3.53. The molecule has 0 saturated carbocycles. The van der Waals surface area contributed by atoms with Gasteiger partial charge in [-0.1, -0.05) is 18.2 Å². The lowest BCUT2D eigenvalue weighted by atomic mass is 9.95. The number of carbonyl (C=O) groups is 1. The van der Waals surface area contributed by atoms with Crippen molar-refractivity contribution in [2.45, 2.75) is 38.3 Å². The Morgan fingerprint density at radius 1 is 1.29 bits per heavy atom. The Bertz CT molecular complexity index is 597. The molecule has 0 aromatic heterocycles. The van der Waals surface area contributed by atoms with E-state index in [0.29, 0.717) is 6.54 Å². The second-order valence-corrected chi connectivity index (χ2v) is 6.70. The van der Waals surface area contributed by atoms with Crippen LogP contribution in [0.4, 0.5) is 0 Å². The summed E-state index contributed by atoms with van der Waals surface area (Å²) < 4.78 is 5.55. The van der Waals surface area contributed by atoms with E-state index in [2.05, 4.69) is 16.3 Å². The quantitative estimate of drug-likeness (QED) is 0.899. The third kappa shape index (κ3) is 4.34. The zero-order chi connectivity index (χ0) is 16.8. The molecule has 1 aromatic rings. The van der Waals surface area contributed by atoms with Gasteiger partial charge in [0.1, 0.15) is 0 Å². The van der Waals surface area contributed by atoms with Crippen molar-refractivity contribution >= 4 is 5.91 Å². The minimum absolute atomic E-state index is 0.105. The maximum Gasteiger partial charge on any atom is 0.223 e. The molecule has 0 radical (unpaired) electrons. The van der Waals surface area contributed by atoms with Crippen LogP contribution in [0.1, 0.15) is 36.8 Å². The first kappa shape index (κ1) is 16.9. The molecule has 0 bridgehead atoms. The fourth-order valence-corrected chi connectivity index (χ4v) is 3.53. The average Bonchev–Trinajstić information content (AvgIpc) is 3.14. The molecule has 2 heterocycles. The van der Waals surface area contributed by atoms with Crippen molar-refractivity contribution in [1.29, 1.82) is 5.26 Å². The molecule has 5 nitrogen and oxygen atoms in total. The number of rotatable bonds is 5. The minimum atomic E-state index is 0.105. The average molecular weight is 327 g/mol. The molecule has 1 N–H and O–H groups in total. The van der Waals surface area contributed by atoms with Gasteiger partial charge in [-0.15, -0.1) is 0 Å². The van der Waals surface area contributed by atoms with Gasteiger partial charge in [-0.2, -0.15) is 5.26 Å². The number of ether oxygens (including phenoxy) is 1. The van der Waals surface area contributed by atoms with Gasteiger partial charge in [-0.25, -0.2) is 0 Å². The molecular formula is C19H25N3O2. The number of nitriles is 1.